The standard InChI is InChI=1S/C19H25ClN4O3/c20-16-5-3-15(4-6-16)19(27)24-11-9-22(10-12-24)14-17(25)21-13-18(26)23-7-1-2-8-23/h3-6H,1-2,7-14H2,(H,21,25). The third-order valence-electron chi connectivity index (χ3n) is 5.01. The van der Waals surface area contributed by atoms with Crippen LogP contribution in [0.15, 0.2) is 24.3 Å². The van der Waals surface area contributed by atoms with E-state index >= 15 is 0 Å². The summed E-state index contributed by atoms with van der Waals surface area (Å²) in [5.41, 5.74) is 0.617. The first-order valence-electron chi connectivity index (χ1n) is 9.34. The zero-order valence-corrected chi connectivity index (χ0v) is 16.1. The Bertz CT molecular complexity index is 681. The van der Waals surface area contributed by atoms with Crippen molar-refractivity contribution in [2.24, 2.45) is 0 Å². The van der Waals surface area contributed by atoms with Crippen molar-refractivity contribution >= 4 is 29.3 Å². The molecule has 7 nitrogen and oxygen atoms in total. The summed E-state index contributed by atoms with van der Waals surface area (Å²) in [4.78, 5) is 42.1. The van der Waals surface area contributed by atoms with Crippen LogP contribution in [-0.2, 0) is 9.59 Å². The lowest BCUT2D eigenvalue weighted by Gasteiger charge is -2.34. The lowest BCUT2D eigenvalue weighted by atomic mass is 10.2. The summed E-state index contributed by atoms with van der Waals surface area (Å²) in [5.74, 6) is -0.189. The van der Waals surface area contributed by atoms with Gasteiger partial charge in [-0.1, -0.05) is 11.6 Å². The Hall–Kier alpha value is -2.12. The molecule has 8 heteroatoms. The highest BCUT2D eigenvalue weighted by atomic mass is 35.5. The van der Waals surface area contributed by atoms with Crippen molar-refractivity contribution < 1.29 is 14.4 Å². The van der Waals surface area contributed by atoms with Crippen molar-refractivity contribution in [3.05, 3.63) is 34.9 Å². The van der Waals surface area contributed by atoms with Gasteiger partial charge < -0.3 is 15.1 Å². The Labute approximate surface area is 164 Å². The van der Waals surface area contributed by atoms with Crippen LogP contribution in [0.3, 0.4) is 0 Å². The summed E-state index contributed by atoms with van der Waals surface area (Å²) in [6.07, 6.45) is 2.08. The van der Waals surface area contributed by atoms with Gasteiger partial charge >= 0.3 is 0 Å². The van der Waals surface area contributed by atoms with Crippen molar-refractivity contribution in [3.8, 4) is 0 Å². The van der Waals surface area contributed by atoms with Crippen molar-refractivity contribution in [1.29, 1.82) is 0 Å². The van der Waals surface area contributed by atoms with E-state index in [1.807, 2.05) is 4.90 Å². The topological polar surface area (TPSA) is 73.0 Å². The van der Waals surface area contributed by atoms with E-state index in [0.717, 1.165) is 25.9 Å². The minimum Gasteiger partial charge on any atom is -0.346 e. The van der Waals surface area contributed by atoms with Crippen LogP contribution in [0, 0.1) is 0 Å². The fraction of sp³-hybridized carbons (Fsp3) is 0.526. The Morgan fingerprint density at radius 2 is 1.52 bits per heavy atom. The third kappa shape index (κ3) is 5.43. The number of hydrogen-bond acceptors (Lipinski definition) is 4. The monoisotopic (exact) mass is 392 g/mol. The smallest absolute Gasteiger partial charge is 0.253 e. The molecule has 146 valence electrons. The quantitative estimate of drug-likeness (QED) is 0.805. The first-order valence-corrected chi connectivity index (χ1v) is 9.72. The predicted molar refractivity (Wildman–Crippen MR) is 103 cm³/mol. The molecule has 0 aromatic heterocycles. The number of rotatable bonds is 5. The van der Waals surface area contributed by atoms with Gasteiger partial charge in [0.25, 0.3) is 5.91 Å². The Morgan fingerprint density at radius 1 is 0.889 bits per heavy atom. The maximum atomic E-state index is 12.5. The van der Waals surface area contributed by atoms with Crippen LogP contribution < -0.4 is 5.32 Å². The van der Waals surface area contributed by atoms with Gasteiger partial charge in [0.15, 0.2) is 0 Å². The zero-order chi connectivity index (χ0) is 19.2. The van der Waals surface area contributed by atoms with Gasteiger partial charge in [-0.3, -0.25) is 19.3 Å². The van der Waals surface area contributed by atoms with Crippen LogP contribution in [0.2, 0.25) is 5.02 Å². The maximum Gasteiger partial charge on any atom is 0.253 e. The zero-order valence-electron chi connectivity index (χ0n) is 15.3. The number of amides is 3. The molecule has 2 fully saturated rings. The second-order valence-corrected chi connectivity index (χ2v) is 7.38. The van der Waals surface area contributed by atoms with E-state index in [4.69, 9.17) is 11.6 Å². The lowest BCUT2D eigenvalue weighted by molar-refractivity contribution is -0.132. The number of nitrogens with zero attached hydrogens (tertiary/aromatic N) is 3. The van der Waals surface area contributed by atoms with Crippen molar-refractivity contribution in [1.82, 2.24) is 20.0 Å². The maximum absolute atomic E-state index is 12.5. The van der Waals surface area contributed by atoms with E-state index in [-0.39, 0.29) is 30.8 Å². The minimum atomic E-state index is -0.153. The average Bonchev–Trinajstić information content (AvgIpc) is 3.22. The number of likely N-dealkylation sites (tertiary alicyclic amines) is 1. The number of piperazine rings is 1. The molecule has 0 aliphatic carbocycles. The van der Waals surface area contributed by atoms with Gasteiger partial charge in [-0.05, 0) is 37.1 Å². The molecule has 1 aromatic rings. The number of carbonyl (C=O) groups is 3. The van der Waals surface area contributed by atoms with E-state index in [1.165, 1.54) is 0 Å². The molecule has 0 spiro atoms. The highest BCUT2D eigenvalue weighted by molar-refractivity contribution is 6.30. The van der Waals surface area contributed by atoms with Crippen LogP contribution in [0.4, 0.5) is 0 Å². The first-order chi connectivity index (χ1) is 13.0. The molecule has 2 aliphatic rings. The predicted octanol–water partition coefficient (Wildman–Crippen LogP) is 0.836. The van der Waals surface area contributed by atoms with Gasteiger partial charge in [-0.25, -0.2) is 0 Å². The second kappa shape index (κ2) is 9.19. The molecule has 3 rings (SSSR count). The van der Waals surface area contributed by atoms with Gasteiger partial charge in [-0.2, -0.15) is 0 Å². The van der Waals surface area contributed by atoms with Gasteiger partial charge in [0, 0.05) is 49.9 Å². The average molecular weight is 393 g/mol. The number of nitrogens with one attached hydrogen (secondary N) is 1. The van der Waals surface area contributed by atoms with Crippen molar-refractivity contribution in [2.75, 3.05) is 52.4 Å². The SMILES string of the molecule is O=C(CN1CCN(C(=O)c2ccc(Cl)cc2)CC1)NCC(=O)N1CCCC1. The lowest BCUT2D eigenvalue weighted by Crippen LogP contribution is -2.51. The molecule has 2 aliphatic heterocycles. The molecule has 2 heterocycles. The van der Waals surface area contributed by atoms with E-state index in [2.05, 4.69) is 5.32 Å². The summed E-state index contributed by atoms with van der Waals surface area (Å²) >= 11 is 5.86. The van der Waals surface area contributed by atoms with Gasteiger partial charge in [-0.15, -0.1) is 0 Å². The summed E-state index contributed by atoms with van der Waals surface area (Å²) < 4.78 is 0. The van der Waals surface area contributed by atoms with Crippen LogP contribution in [0.5, 0.6) is 0 Å². The van der Waals surface area contributed by atoms with E-state index < -0.39 is 0 Å². The fourth-order valence-corrected chi connectivity index (χ4v) is 3.52. The Balaban J connectivity index is 1.38. The largest absolute Gasteiger partial charge is 0.346 e. The molecule has 0 saturated carbocycles. The molecule has 0 radical (unpaired) electrons. The number of carbonyl (C=O) groups excluding carboxylic acids is 3. The number of benzene rings is 1. The molecule has 0 unspecified atom stereocenters. The molecule has 1 N–H and O–H groups in total. The van der Waals surface area contributed by atoms with Gasteiger partial charge in [0.05, 0.1) is 13.1 Å². The highest BCUT2D eigenvalue weighted by Gasteiger charge is 2.24. The second-order valence-electron chi connectivity index (χ2n) is 6.94. The molecular formula is C19H25ClN4O3. The summed E-state index contributed by atoms with van der Waals surface area (Å²) in [6, 6.07) is 6.86. The van der Waals surface area contributed by atoms with Crippen LogP contribution in [-0.4, -0.2) is 84.8 Å². The molecule has 0 bridgehead atoms. The van der Waals surface area contributed by atoms with Gasteiger partial charge in [0.2, 0.25) is 11.8 Å². The number of hydrogen-bond donors (Lipinski definition) is 1. The van der Waals surface area contributed by atoms with Gasteiger partial charge in [0.1, 0.15) is 0 Å². The Morgan fingerprint density at radius 3 is 2.15 bits per heavy atom. The molecule has 1 aromatic carbocycles. The minimum absolute atomic E-state index is 0.0146. The molecule has 27 heavy (non-hydrogen) atoms. The molecule has 2 saturated heterocycles. The summed E-state index contributed by atoms with van der Waals surface area (Å²) in [5, 5.41) is 3.31. The van der Waals surface area contributed by atoms with Crippen molar-refractivity contribution in [2.45, 2.75) is 12.8 Å². The molecule has 3 amide bonds. The van der Waals surface area contributed by atoms with Crippen LogP contribution in [0.25, 0.3) is 0 Å². The fourth-order valence-electron chi connectivity index (χ4n) is 3.40. The first kappa shape index (κ1) is 19.6. The molecule has 0 atom stereocenters. The summed E-state index contributed by atoms with van der Waals surface area (Å²) in [7, 11) is 0. The van der Waals surface area contributed by atoms with Crippen LogP contribution in [0.1, 0.15) is 23.2 Å². The highest BCUT2D eigenvalue weighted by Crippen LogP contribution is 2.13. The molecular weight excluding hydrogens is 368 g/mol. The Kier molecular flexibility index (Phi) is 6.68. The van der Waals surface area contributed by atoms with E-state index in [0.29, 0.717) is 36.8 Å². The van der Waals surface area contributed by atoms with Crippen LogP contribution >= 0.6 is 11.6 Å². The normalized spacial score (nSPS) is 17.8. The summed E-state index contributed by atoms with van der Waals surface area (Å²) in [6.45, 7) is 4.29. The van der Waals surface area contributed by atoms with Crippen molar-refractivity contribution in [3.63, 3.8) is 0 Å². The third-order valence-corrected chi connectivity index (χ3v) is 5.27. The van der Waals surface area contributed by atoms with E-state index in [1.54, 1.807) is 34.1 Å². The number of halogens is 1. The van der Waals surface area contributed by atoms with E-state index in [9.17, 15) is 14.4 Å².